The van der Waals surface area contributed by atoms with Crippen molar-refractivity contribution in [3.05, 3.63) is 28.8 Å². The van der Waals surface area contributed by atoms with Gasteiger partial charge in [-0.1, -0.05) is 11.6 Å². The molecule has 1 aliphatic carbocycles. The van der Waals surface area contributed by atoms with Gasteiger partial charge in [0.2, 0.25) is 0 Å². The number of nitrogens with one attached hydrogen (secondary N) is 1. The molecule has 0 aromatic heterocycles. The molecular formula is C12H14ClNO2S. The standard InChI is InChI=1S/C12H14ClNO2S/c1-16-8-4-7(5-8)14-12(15)10-6-9(17)2-3-11(10)13/h2-3,6-8,17H,4-5H2,1H3,(H,14,15). The summed E-state index contributed by atoms with van der Waals surface area (Å²) in [5.74, 6) is -0.148. The molecule has 17 heavy (non-hydrogen) atoms. The molecule has 1 aliphatic rings. The highest BCUT2D eigenvalue weighted by molar-refractivity contribution is 7.80. The Bertz CT molecular complexity index is 433. The van der Waals surface area contributed by atoms with Crippen LogP contribution >= 0.6 is 24.2 Å². The predicted molar refractivity (Wildman–Crippen MR) is 70.0 cm³/mol. The molecule has 0 unspecified atom stereocenters. The zero-order valence-corrected chi connectivity index (χ0v) is 11.1. The van der Waals surface area contributed by atoms with Gasteiger partial charge in [0.25, 0.3) is 5.91 Å². The van der Waals surface area contributed by atoms with E-state index < -0.39 is 0 Å². The Labute approximate surface area is 111 Å². The second-order valence-electron chi connectivity index (χ2n) is 4.16. The van der Waals surface area contributed by atoms with Crippen LogP contribution in [0.1, 0.15) is 23.2 Å². The van der Waals surface area contributed by atoms with E-state index in [4.69, 9.17) is 16.3 Å². The van der Waals surface area contributed by atoms with Gasteiger partial charge in [-0.05, 0) is 31.0 Å². The summed E-state index contributed by atoms with van der Waals surface area (Å²) in [5, 5.41) is 3.37. The average molecular weight is 272 g/mol. The van der Waals surface area contributed by atoms with Crippen molar-refractivity contribution in [2.24, 2.45) is 0 Å². The SMILES string of the molecule is COC1CC(NC(=O)c2cc(S)ccc2Cl)C1. The van der Waals surface area contributed by atoms with Gasteiger partial charge in [-0.2, -0.15) is 0 Å². The molecule has 0 atom stereocenters. The van der Waals surface area contributed by atoms with E-state index in [9.17, 15) is 4.79 Å². The minimum Gasteiger partial charge on any atom is -0.381 e. The van der Waals surface area contributed by atoms with Crippen molar-refractivity contribution in [2.45, 2.75) is 29.9 Å². The molecule has 5 heteroatoms. The van der Waals surface area contributed by atoms with E-state index in [0.29, 0.717) is 10.6 Å². The summed E-state index contributed by atoms with van der Waals surface area (Å²) in [6.07, 6.45) is 1.99. The van der Waals surface area contributed by atoms with Crippen molar-refractivity contribution in [3.63, 3.8) is 0 Å². The number of hydrogen-bond donors (Lipinski definition) is 2. The van der Waals surface area contributed by atoms with Gasteiger partial charge >= 0.3 is 0 Å². The van der Waals surface area contributed by atoms with Gasteiger partial charge in [-0.25, -0.2) is 0 Å². The molecule has 1 amide bonds. The third kappa shape index (κ3) is 2.94. The fraction of sp³-hybridized carbons (Fsp3) is 0.417. The first-order chi connectivity index (χ1) is 8.10. The van der Waals surface area contributed by atoms with Crippen molar-refractivity contribution < 1.29 is 9.53 Å². The molecule has 1 aromatic carbocycles. The van der Waals surface area contributed by atoms with Crippen molar-refractivity contribution in [1.82, 2.24) is 5.32 Å². The minimum atomic E-state index is -0.148. The van der Waals surface area contributed by atoms with Crippen molar-refractivity contribution in [3.8, 4) is 0 Å². The molecule has 3 nitrogen and oxygen atoms in total. The smallest absolute Gasteiger partial charge is 0.253 e. The van der Waals surface area contributed by atoms with Crippen LogP contribution < -0.4 is 5.32 Å². The summed E-state index contributed by atoms with van der Waals surface area (Å²) in [7, 11) is 1.68. The molecule has 0 aliphatic heterocycles. The maximum absolute atomic E-state index is 11.9. The van der Waals surface area contributed by atoms with Crippen LogP contribution in [-0.4, -0.2) is 25.2 Å². The van der Waals surface area contributed by atoms with Crippen molar-refractivity contribution in [1.29, 1.82) is 0 Å². The molecule has 0 bridgehead atoms. The highest BCUT2D eigenvalue weighted by Crippen LogP contribution is 2.24. The van der Waals surface area contributed by atoms with E-state index in [1.54, 1.807) is 25.3 Å². The third-order valence-electron chi connectivity index (χ3n) is 2.96. The molecule has 1 aromatic rings. The number of carbonyl (C=O) groups is 1. The molecule has 0 radical (unpaired) electrons. The molecule has 1 saturated carbocycles. The van der Waals surface area contributed by atoms with Crippen LogP contribution in [0.4, 0.5) is 0 Å². The van der Waals surface area contributed by atoms with E-state index in [0.717, 1.165) is 17.7 Å². The molecule has 92 valence electrons. The van der Waals surface area contributed by atoms with Crippen molar-refractivity contribution in [2.75, 3.05) is 7.11 Å². The zero-order valence-electron chi connectivity index (χ0n) is 9.44. The van der Waals surface area contributed by atoms with Gasteiger partial charge in [-0.15, -0.1) is 12.6 Å². The summed E-state index contributed by atoms with van der Waals surface area (Å²) in [5.41, 5.74) is 0.472. The number of carbonyl (C=O) groups excluding carboxylic acids is 1. The lowest BCUT2D eigenvalue weighted by Gasteiger charge is -2.34. The Hall–Kier alpha value is -0.710. The van der Waals surface area contributed by atoms with E-state index in [-0.39, 0.29) is 18.1 Å². The number of ether oxygens (including phenoxy) is 1. The molecule has 1 fully saturated rings. The summed E-state index contributed by atoms with van der Waals surface area (Å²) in [6, 6.07) is 5.30. The number of amides is 1. The number of thiol groups is 1. The fourth-order valence-corrected chi connectivity index (χ4v) is 2.23. The summed E-state index contributed by atoms with van der Waals surface area (Å²) in [6.45, 7) is 0. The highest BCUT2D eigenvalue weighted by atomic mass is 35.5. The molecule has 0 saturated heterocycles. The van der Waals surface area contributed by atoms with E-state index >= 15 is 0 Å². The fourth-order valence-electron chi connectivity index (χ4n) is 1.83. The second-order valence-corrected chi connectivity index (χ2v) is 5.09. The van der Waals surface area contributed by atoms with E-state index in [1.165, 1.54) is 0 Å². The Morgan fingerprint density at radius 1 is 1.53 bits per heavy atom. The van der Waals surface area contributed by atoms with E-state index in [2.05, 4.69) is 17.9 Å². The van der Waals surface area contributed by atoms with Crippen LogP contribution in [0, 0.1) is 0 Å². The first kappa shape index (κ1) is 12.7. The van der Waals surface area contributed by atoms with Gasteiger partial charge in [0.1, 0.15) is 0 Å². The molecule has 0 heterocycles. The largest absolute Gasteiger partial charge is 0.381 e. The Balaban J connectivity index is 1.98. The molecular weight excluding hydrogens is 258 g/mol. The number of rotatable bonds is 3. The van der Waals surface area contributed by atoms with Crippen LogP contribution in [0.2, 0.25) is 5.02 Å². The molecule has 0 spiro atoms. The number of halogens is 1. The average Bonchev–Trinajstić information content (AvgIpc) is 2.25. The van der Waals surface area contributed by atoms with Crippen LogP contribution in [0.25, 0.3) is 0 Å². The lowest BCUT2D eigenvalue weighted by atomic mass is 9.89. The van der Waals surface area contributed by atoms with Gasteiger partial charge in [-0.3, -0.25) is 4.79 Å². The number of benzene rings is 1. The second kappa shape index (κ2) is 5.29. The van der Waals surface area contributed by atoms with Gasteiger partial charge in [0, 0.05) is 18.0 Å². The summed E-state index contributed by atoms with van der Waals surface area (Å²) < 4.78 is 5.16. The maximum atomic E-state index is 11.9. The van der Waals surface area contributed by atoms with Crippen LogP contribution in [0.5, 0.6) is 0 Å². The first-order valence-corrected chi connectivity index (χ1v) is 6.25. The Morgan fingerprint density at radius 3 is 2.88 bits per heavy atom. The molecule has 2 rings (SSSR count). The normalized spacial score (nSPS) is 23.0. The first-order valence-electron chi connectivity index (χ1n) is 5.42. The number of methoxy groups -OCH3 is 1. The van der Waals surface area contributed by atoms with Gasteiger partial charge in [0.05, 0.1) is 16.7 Å². The van der Waals surface area contributed by atoms with Gasteiger partial charge < -0.3 is 10.1 Å². The zero-order chi connectivity index (χ0) is 12.4. The topological polar surface area (TPSA) is 38.3 Å². The lowest BCUT2D eigenvalue weighted by molar-refractivity contribution is 0.0176. The maximum Gasteiger partial charge on any atom is 0.253 e. The monoisotopic (exact) mass is 271 g/mol. The highest BCUT2D eigenvalue weighted by Gasteiger charge is 2.30. The minimum absolute atomic E-state index is 0.148. The van der Waals surface area contributed by atoms with Crippen LogP contribution in [0.15, 0.2) is 23.1 Å². The summed E-state index contributed by atoms with van der Waals surface area (Å²) in [4.78, 5) is 12.7. The summed E-state index contributed by atoms with van der Waals surface area (Å²) >= 11 is 10.2. The molecule has 1 N–H and O–H groups in total. The third-order valence-corrected chi connectivity index (χ3v) is 3.57. The predicted octanol–water partition coefficient (Wildman–Crippen LogP) is 2.54. The van der Waals surface area contributed by atoms with Crippen LogP contribution in [0.3, 0.4) is 0 Å². The lowest BCUT2D eigenvalue weighted by Crippen LogP contribution is -2.47. The Morgan fingerprint density at radius 2 is 2.24 bits per heavy atom. The van der Waals surface area contributed by atoms with Gasteiger partial charge in [0.15, 0.2) is 0 Å². The Kier molecular flexibility index (Phi) is 3.97. The quantitative estimate of drug-likeness (QED) is 0.829. The van der Waals surface area contributed by atoms with Crippen molar-refractivity contribution >= 4 is 30.1 Å². The number of hydrogen-bond acceptors (Lipinski definition) is 3. The van der Waals surface area contributed by atoms with Crippen LogP contribution in [-0.2, 0) is 4.74 Å². The van der Waals surface area contributed by atoms with E-state index in [1.807, 2.05) is 0 Å².